The van der Waals surface area contributed by atoms with E-state index in [9.17, 15) is 9.59 Å². The smallest absolute Gasteiger partial charge is 0.322 e. The van der Waals surface area contributed by atoms with Crippen molar-refractivity contribution in [2.45, 2.75) is 26.9 Å². The van der Waals surface area contributed by atoms with Crippen LogP contribution in [0.2, 0.25) is 0 Å². The lowest BCUT2D eigenvalue weighted by Crippen LogP contribution is -2.41. The van der Waals surface area contributed by atoms with E-state index in [0.29, 0.717) is 41.3 Å². The number of rotatable bonds is 3. The molecule has 1 aliphatic rings. The molecule has 1 aliphatic heterocycles. The van der Waals surface area contributed by atoms with Crippen LogP contribution in [0.5, 0.6) is 0 Å². The topological polar surface area (TPSA) is 147 Å². The van der Waals surface area contributed by atoms with Crippen molar-refractivity contribution < 1.29 is 9.59 Å². The summed E-state index contributed by atoms with van der Waals surface area (Å²) in [4.78, 5) is 27.0. The van der Waals surface area contributed by atoms with Crippen LogP contribution >= 0.6 is 0 Å². The molecule has 0 saturated carbocycles. The van der Waals surface area contributed by atoms with Crippen LogP contribution in [0.4, 0.5) is 10.5 Å². The summed E-state index contributed by atoms with van der Waals surface area (Å²) >= 11 is 0. The highest BCUT2D eigenvalue weighted by atomic mass is 16.2. The van der Waals surface area contributed by atoms with Gasteiger partial charge in [-0.05, 0) is 49.7 Å². The third-order valence-electron chi connectivity index (χ3n) is 5.91. The van der Waals surface area contributed by atoms with Crippen LogP contribution in [-0.4, -0.2) is 47.8 Å². The van der Waals surface area contributed by atoms with E-state index < -0.39 is 5.91 Å². The number of anilines is 1. The van der Waals surface area contributed by atoms with Gasteiger partial charge in [0.05, 0.1) is 36.0 Å². The van der Waals surface area contributed by atoms with Gasteiger partial charge < -0.3 is 16.0 Å². The second kappa shape index (κ2) is 8.00. The van der Waals surface area contributed by atoms with Gasteiger partial charge in [0.25, 0.3) is 5.91 Å². The largest absolute Gasteiger partial charge is 0.365 e. The molecule has 0 saturated heterocycles. The predicted octanol–water partition coefficient (Wildman–Crippen LogP) is 2.23. The van der Waals surface area contributed by atoms with Gasteiger partial charge >= 0.3 is 6.03 Å². The third-order valence-corrected chi connectivity index (χ3v) is 5.91. The van der Waals surface area contributed by atoms with Gasteiger partial charge in [0, 0.05) is 24.0 Å². The zero-order valence-corrected chi connectivity index (χ0v) is 18.6. The number of nitrogens with one attached hydrogen (secondary N) is 1. The average Bonchev–Trinajstić information content (AvgIpc) is 3.40. The number of carbonyl (C=O) groups excluding carboxylic acids is 2. The van der Waals surface area contributed by atoms with E-state index in [1.54, 1.807) is 33.8 Å². The summed E-state index contributed by atoms with van der Waals surface area (Å²) < 4.78 is 3.59. The Morgan fingerprint density at radius 2 is 1.91 bits per heavy atom. The van der Waals surface area contributed by atoms with E-state index in [0.717, 1.165) is 22.6 Å². The van der Waals surface area contributed by atoms with Crippen LogP contribution in [-0.2, 0) is 13.1 Å². The van der Waals surface area contributed by atoms with Crippen molar-refractivity contribution in [3.05, 3.63) is 64.7 Å². The molecule has 3 aromatic heterocycles. The van der Waals surface area contributed by atoms with E-state index in [4.69, 9.17) is 11.0 Å². The number of carbonyl (C=O) groups is 2. The number of urea groups is 1. The van der Waals surface area contributed by atoms with Crippen molar-refractivity contribution >= 4 is 23.3 Å². The minimum atomic E-state index is -0.608. The third kappa shape index (κ3) is 3.51. The highest BCUT2D eigenvalue weighted by molar-refractivity contribution is 6.00. The van der Waals surface area contributed by atoms with Crippen LogP contribution in [0.15, 0.2) is 36.5 Å². The molecule has 4 heterocycles. The van der Waals surface area contributed by atoms with Crippen LogP contribution in [0.1, 0.15) is 33.0 Å². The molecule has 4 aromatic rings. The summed E-state index contributed by atoms with van der Waals surface area (Å²) in [6.45, 7) is 4.78. The minimum Gasteiger partial charge on any atom is -0.365 e. The summed E-state index contributed by atoms with van der Waals surface area (Å²) in [6.07, 6.45) is 1.84. The Balaban J connectivity index is 1.47. The number of primary amides is 1. The molecule has 0 unspecified atom stereocenters. The fourth-order valence-electron chi connectivity index (χ4n) is 4.18. The molecule has 0 aliphatic carbocycles. The second-order valence-corrected chi connectivity index (χ2v) is 8.15. The maximum Gasteiger partial charge on any atom is 0.322 e. The Hall–Kier alpha value is -4.72. The number of aromatic nitrogens is 5. The standard InChI is InChI=1S/C23H21N9O2/c1-13-9-16(11-31-14(2)27-28-22(13)31)20-19(21(25)33)18-12-30(7-8-32(18)29-20)23(34)26-17-5-3-15(10-24)4-6-17/h3-6,9,11H,7-8,12H2,1-2H3,(H2,25,33)(H,26,34). The Morgan fingerprint density at radius 1 is 1.15 bits per heavy atom. The Kier molecular flexibility index (Phi) is 4.98. The number of benzene rings is 1. The number of nitrogens with two attached hydrogens (primary N) is 1. The van der Waals surface area contributed by atoms with Gasteiger partial charge in [0.2, 0.25) is 0 Å². The van der Waals surface area contributed by atoms with Crippen molar-refractivity contribution in [3.8, 4) is 17.3 Å². The van der Waals surface area contributed by atoms with Gasteiger partial charge in [0.15, 0.2) is 5.65 Å². The van der Waals surface area contributed by atoms with E-state index >= 15 is 0 Å². The molecule has 3 N–H and O–H groups in total. The fourth-order valence-corrected chi connectivity index (χ4v) is 4.18. The highest BCUT2D eigenvalue weighted by Gasteiger charge is 2.30. The van der Waals surface area contributed by atoms with Crippen LogP contribution in [0.3, 0.4) is 0 Å². The molecule has 5 rings (SSSR count). The predicted molar refractivity (Wildman–Crippen MR) is 123 cm³/mol. The van der Waals surface area contributed by atoms with Crippen molar-refractivity contribution in [2.24, 2.45) is 5.73 Å². The fraction of sp³-hybridized carbons (Fsp3) is 0.217. The van der Waals surface area contributed by atoms with Crippen molar-refractivity contribution in [1.82, 2.24) is 29.3 Å². The SMILES string of the molecule is Cc1cc(-c2nn3c(c2C(N)=O)CN(C(=O)Nc2ccc(C#N)cc2)CC3)cn2c(C)nnc12. The number of amides is 3. The molecule has 11 heteroatoms. The summed E-state index contributed by atoms with van der Waals surface area (Å²) in [5, 5.41) is 24.7. The number of hydrogen-bond acceptors (Lipinski definition) is 6. The molecule has 0 bridgehead atoms. The first-order chi connectivity index (χ1) is 16.4. The highest BCUT2D eigenvalue weighted by Crippen LogP contribution is 2.30. The number of nitriles is 1. The quantitative estimate of drug-likeness (QED) is 0.484. The van der Waals surface area contributed by atoms with Crippen LogP contribution in [0, 0.1) is 25.2 Å². The van der Waals surface area contributed by atoms with Gasteiger partial charge in [-0.1, -0.05) is 0 Å². The van der Waals surface area contributed by atoms with Crippen molar-refractivity contribution in [1.29, 1.82) is 5.26 Å². The first kappa shape index (κ1) is 21.1. The van der Waals surface area contributed by atoms with E-state index in [1.165, 1.54) is 0 Å². The molecule has 0 fully saturated rings. The zero-order valence-electron chi connectivity index (χ0n) is 18.6. The van der Waals surface area contributed by atoms with Crippen molar-refractivity contribution in [3.63, 3.8) is 0 Å². The van der Waals surface area contributed by atoms with Gasteiger partial charge in [-0.15, -0.1) is 10.2 Å². The molecule has 11 nitrogen and oxygen atoms in total. The van der Waals surface area contributed by atoms with E-state index in [1.807, 2.05) is 36.6 Å². The van der Waals surface area contributed by atoms with Crippen molar-refractivity contribution in [2.75, 3.05) is 11.9 Å². The lowest BCUT2D eigenvalue weighted by Gasteiger charge is -2.28. The first-order valence-electron chi connectivity index (χ1n) is 10.6. The molecular formula is C23H21N9O2. The second-order valence-electron chi connectivity index (χ2n) is 8.15. The number of aryl methyl sites for hydroxylation is 2. The molecule has 0 radical (unpaired) electrons. The zero-order chi connectivity index (χ0) is 24.0. The maximum atomic E-state index is 12.9. The molecular weight excluding hydrogens is 434 g/mol. The Morgan fingerprint density at radius 3 is 2.62 bits per heavy atom. The van der Waals surface area contributed by atoms with Crippen LogP contribution < -0.4 is 11.1 Å². The summed E-state index contributed by atoms with van der Waals surface area (Å²) in [6, 6.07) is 10.2. The van der Waals surface area contributed by atoms with E-state index in [-0.39, 0.29) is 12.6 Å². The van der Waals surface area contributed by atoms with Gasteiger partial charge in [-0.3, -0.25) is 13.9 Å². The number of hydrogen-bond donors (Lipinski definition) is 2. The lowest BCUT2D eigenvalue weighted by atomic mass is 10.0. The Labute approximate surface area is 194 Å². The Bertz CT molecular complexity index is 1490. The monoisotopic (exact) mass is 455 g/mol. The summed E-state index contributed by atoms with van der Waals surface area (Å²) in [7, 11) is 0. The van der Waals surface area contributed by atoms with E-state index in [2.05, 4.69) is 20.6 Å². The lowest BCUT2D eigenvalue weighted by molar-refractivity contribution is 0.0997. The molecule has 0 spiro atoms. The summed E-state index contributed by atoms with van der Waals surface area (Å²) in [5.74, 6) is 0.110. The normalized spacial score (nSPS) is 12.9. The minimum absolute atomic E-state index is 0.181. The van der Waals surface area contributed by atoms with Gasteiger partial charge in [0.1, 0.15) is 11.5 Å². The number of nitrogens with zero attached hydrogens (tertiary/aromatic N) is 7. The molecule has 1 aromatic carbocycles. The van der Waals surface area contributed by atoms with Gasteiger partial charge in [-0.25, -0.2) is 4.79 Å². The van der Waals surface area contributed by atoms with Crippen LogP contribution in [0.25, 0.3) is 16.9 Å². The molecule has 34 heavy (non-hydrogen) atoms. The number of pyridine rings is 1. The molecule has 3 amide bonds. The molecule has 170 valence electrons. The maximum absolute atomic E-state index is 12.9. The molecule has 0 atom stereocenters. The number of fused-ring (bicyclic) bond motifs is 2. The first-order valence-corrected chi connectivity index (χ1v) is 10.6. The van der Waals surface area contributed by atoms with Gasteiger partial charge in [-0.2, -0.15) is 10.4 Å². The average molecular weight is 455 g/mol. The summed E-state index contributed by atoms with van der Waals surface area (Å²) in [5.41, 5.74) is 10.6.